The summed E-state index contributed by atoms with van der Waals surface area (Å²) in [5.41, 5.74) is 24.8. The average Bonchev–Trinajstić information content (AvgIpc) is 0.755. The minimum absolute atomic E-state index is 0.0000809. The van der Waals surface area contributed by atoms with Crippen molar-refractivity contribution in [2.24, 2.45) is 53.8 Å². The van der Waals surface area contributed by atoms with E-state index in [4.69, 9.17) is 33.1 Å². The Labute approximate surface area is 555 Å². The van der Waals surface area contributed by atoms with Crippen LogP contribution in [0.1, 0.15) is 92.9 Å². The number of nitrogens with zero attached hydrogens (tertiary/aromatic N) is 12. The number of hydrogen-bond donors (Lipinski definition) is 7. The van der Waals surface area contributed by atoms with E-state index in [9.17, 15) is 41.4 Å². The van der Waals surface area contributed by atoms with Crippen LogP contribution in [0.15, 0.2) is 148 Å². The number of allylic oxidation sites excluding steroid dienone is 2. The Morgan fingerprint density at radius 2 is 1.17 bits per heavy atom. The van der Waals surface area contributed by atoms with E-state index in [1.54, 1.807) is 47.0 Å². The molecule has 2 saturated heterocycles. The molecule has 0 saturated carbocycles. The van der Waals surface area contributed by atoms with Gasteiger partial charge in [-0.05, 0) is 99.1 Å². The summed E-state index contributed by atoms with van der Waals surface area (Å²) in [6.07, 6.45) is 4.26. The number of guanidine groups is 4. The van der Waals surface area contributed by atoms with Gasteiger partial charge in [-0.2, -0.15) is 9.98 Å². The predicted octanol–water partition coefficient (Wildman–Crippen LogP) is 11.1. The first-order valence-electron chi connectivity index (χ1n) is 30.9. The maximum absolute atomic E-state index is 15.6. The molecular formula is C66H90F6N16O6S. The highest BCUT2D eigenvalue weighted by atomic mass is 32.2. The van der Waals surface area contributed by atoms with Crippen molar-refractivity contribution < 1.29 is 51.3 Å². The zero-order chi connectivity index (χ0) is 71.5. The van der Waals surface area contributed by atoms with E-state index >= 15 is 4.39 Å². The smallest absolute Gasteiger partial charge is 0.341 e. The first-order chi connectivity index (χ1) is 45.6. The van der Waals surface area contributed by atoms with Gasteiger partial charge in [0.2, 0.25) is 17.3 Å². The number of anilines is 2. The predicted molar refractivity (Wildman–Crippen MR) is 371 cm³/mol. The molecule has 1 unspecified atom stereocenters. The van der Waals surface area contributed by atoms with Gasteiger partial charge in [-0.1, -0.05) is 85.7 Å². The number of pyridine rings is 2. The number of halogens is 6. The summed E-state index contributed by atoms with van der Waals surface area (Å²) in [4.78, 5) is 72.2. The Hall–Kier alpha value is -9.48. The Morgan fingerprint density at radius 3 is 1.62 bits per heavy atom. The molecule has 4 heterocycles. The van der Waals surface area contributed by atoms with Crippen molar-refractivity contribution in [2.45, 2.75) is 92.4 Å². The van der Waals surface area contributed by atoms with Gasteiger partial charge in [-0.25, -0.2) is 46.1 Å². The molecule has 4 aromatic carbocycles. The molecule has 8 rings (SSSR count). The van der Waals surface area contributed by atoms with Crippen molar-refractivity contribution in [3.63, 3.8) is 0 Å². The topological polar surface area (TPSA) is 312 Å². The standard InChI is InChI=1S/C49H49F5N16O3S.C8H13FO2.4C2H6.CH4O/c1-2-66(40-13-3-29(50)23-37(40)52)28-59-27-65-15-17-68(18-16-65)48(57)63-46(55)60-31-5-9-33(10-6-31)74-34-11-7-32(8-12-34)61-47(56)64-49(58)69-21-19-67(20-22-69)44-39(54)25-35-42(71)36(45(72)73)26-70(43(35)62-44)41-14-4-30(51)24-38(41)53;1-6(3-4-9)5-7(2)8(10)11;5*1-2/h3-14,23-26,28H,2,15-22,27H2,1H3,(H,72,73)(H4,55,57,60,63)(H4,56,58,61,64);3,7H,4-5H2,1-2H3,(H,10,11);4*1-2H3;2H,1H3/b59-28+;6-3+;;;;;. The van der Waals surface area contributed by atoms with Crippen LogP contribution in [-0.2, 0) is 4.79 Å². The lowest BCUT2D eigenvalue weighted by atomic mass is 10.0. The third-order valence-corrected chi connectivity index (χ3v) is 14.3. The molecule has 518 valence electrons. The van der Waals surface area contributed by atoms with Crippen molar-refractivity contribution >= 4 is 87.8 Å². The van der Waals surface area contributed by atoms with E-state index in [1.165, 1.54) is 30.0 Å². The number of aliphatic carboxylic acids is 1. The van der Waals surface area contributed by atoms with Gasteiger partial charge in [0, 0.05) is 94.1 Å². The van der Waals surface area contributed by atoms with Gasteiger partial charge in [0.1, 0.15) is 35.5 Å². The normalized spacial score (nSPS) is 14.0. The van der Waals surface area contributed by atoms with Gasteiger partial charge in [0.05, 0.1) is 47.1 Å². The van der Waals surface area contributed by atoms with Gasteiger partial charge in [0.25, 0.3) is 0 Å². The second-order valence-corrected chi connectivity index (χ2v) is 20.5. The van der Waals surface area contributed by atoms with Gasteiger partial charge in [-0.15, -0.1) is 0 Å². The third-order valence-electron chi connectivity index (χ3n) is 13.3. The minimum Gasteiger partial charge on any atom is -0.481 e. The van der Waals surface area contributed by atoms with Crippen LogP contribution >= 0.6 is 11.8 Å². The molecule has 1 atom stereocenters. The number of aliphatic hydroxyl groups excluding tert-OH is 1. The first kappa shape index (κ1) is 81.6. The van der Waals surface area contributed by atoms with Crippen molar-refractivity contribution in [3.05, 3.63) is 154 Å². The van der Waals surface area contributed by atoms with Crippen LogP contribution in [0.2, 0.25) is 0 Å². The Bertz CT molecular complexity index is 3640. The molecule has 2 aliphatic heterocycles. The second-order valence-electron chi connectivity index (χ2n) is 19.3. The van der Waals surface area contributed by atoms with Crippen LogP contribution in [0.3, 0.4) is 0 Å². The van der Waals surface area contributed by atoms with E-state index in [-0.39, 0.29) is 72.9 Å². The number of aromatic nitrogens is 2. The van der Waals surface area contributed by atoms with E-state index in [1.807, 2.05) is 104 Å². The molecule has 2 aliphatic rings. The molecular weight excluding hydrogens is 1260 g/mol. The van der Waals surface area contributed by atoms with Crippen LogP contribution in [0.4, 0.5) is 49.2 Å². The summed E-state index contributed by atoms with van der Waals surface area (Å²) in [6, 6.07) is 21.6. The number of aliphatic imine (C=N–C) groups is 5. The first-order valence-corrected chi connectivity index (χ1v) is 31.7. The number of aliphatic hydroxyl groups is 1. The minimum atomic E-state index is -1.62. The van der Waals surface area contributed by atoms with E-state index in [0.29, 0.717) is 63.3 Å². The summed E-state index contributed by atoms with van der Waals surface area (Å²) in [5.74, 6) is -6.98. The number of carbonyl (C=O) groups is 2. The fourth-order valence-electron chi connectivity index (χ4n) is 8.78. The molecule has 2 aromatic heterocycles. The molecule has 29 heteroatoms. The Kier molecular flexibility index (Phi) is 36.7. The lowest BCUT2D eigenvalue weighted by Crippen LogP contribution is -2.52. The number of nitrogens with two attached hydrogens (primary N) is 4. The monoisotopic (exact) mass is 1350 g/mol. The fraction of sp³-hybridized carbons (Fsp3) is 0.379. The van der Waals surface area contributed by atoms with Crippen molar-refractivity contribution in [1.82, 2.24) is 24.3 Å². The second kappa shape index (κ2) is 42.7. The molecule has 0 amide bonds. The number of rotatable bonds is 16. The number of hydrogen-bond acceptors (Lipinski definition) is 11. The SMILES string of the molecule is C/C(=C\CF)CC(C)C(=O)O.CC.CC.CC.CC.CCN(/C=N/CN1CCN(/C(N)=N/C(N)=Nc2ccc(Sc3ccc(N=C(N)/N=C(\N)N4CCN(c5nc6c(cc5F)c(=O)c(C(=O)O)cn6-c5ccc(F)cc5F)CC4)cc3)cc2)CC1)c1ccc(F)cc1F.CO. The maximum atomic E-state index is 15.6. The number of benzene rings is 4. The summed E-state index contributed by atoms with van der Waals surface area (Å²) in [5, 5.41) is 24.7. The van der Waals surface area contributed by atoms with Gasteiger partial charge in [0.15, 0.2) is 29.2 Å². The highest BCUT2D eigenvalue weighted by Crippen LogP contribution is 2.31. The van der Waals surface area contributed by atoms with Crippen LogP contribution in [0.25, 0.3) is 16.7 Å². The third kappa shape index (κ3) is 25.1. The quantitative estimate of drug-likeness (QED) is 0.0205. The molecule has 0 aliphatic carbocycles. The Balaban J connectivity index is 0.00000129. The summed E-state index contributed by atoms with van der Waals surface area (Å²) < 4.78 is 84.6. The summed E-state index contributed by atoms with van der Waals surface area (Å²) in [7, 11) is 1.00. The van der Waals surface area contributed by atoms with Crippen LogP contribution < -0.4 is 38.2 Å². The number of fused-ring (bicyclic) bond motifs is 1. The van der Waals surface area contributed by atoms with Crippen molar-refractivity contribution in [1.29, 1.82) is 0 Å². The van der Waals surface area contributed by atoms with E-state index in [2.05, 4.69) is 34.8 Å². The lowest BCUT2D eigenvalue weighted by Gasteiger charge is -2.36. The van der Waals surface area contributed by atoms with E-state index < -0.39 is 70.0 Å². The molecule has 11 N–H and O–H groups in total. The van der Waals surface area contributed by atoms with Crippen LogP contribution in [-0.4, -0.2) is 161 Å². The largest absolute Gasteiger partial charge is 0.481 e. The van der Waals surface area contributed by atoms with Crippen LogP contribution in [0.5, 0.6) is 0 Å². The molecule has 0 spiro atoms. The number of alkyl halides is 1. The number of piperazine rings is 2. The lowest BCUT2D eigenvalue weighted by molar-refractivity contribution is -0.141. The Morgan fingerprint density at radius 1 is 0.684 bits per heavy atom. The number of carboxylic acid groups (broad SMARTS) is 2. The fourth-order valence-corrected chi connectivity index (χ4v) is 9.60. The molecule has 95 heavy (non-hydrogen) atoms. The van der Waals surface area contributed by atoms with Crippen molar-refractivity contribution in [3.8, 4) is 5.69 Å². The maximum Gasteiger partial charge on any atom is 0.341 e. The zero-order valence-electron chi connectivity index (χ0n) is 55.9. The summed E-state index contributed by atoms with van der Waals surface area (Å²) in [6.45, 7) is 24.9. The van der Waals surface area contributed by atoms with E-state index in [0.717, 1.165) is 57.5 Å². The van der Waals surface area contributed by atoms with Gasteiger partial charge in [-0.3, -0.25) is 24.0 Å². The summed E-state index contributed by atoms with van der Waals surface area (Å²) >= 11 is 1.51. The van der Waals surface area contributed by atoms with Gasteiger partial charge >= 0.3 is 11.9 Å². The molecule has 0 bridgehead atoms. The molecule has 0 radical (unpaired) electrons. The van der Waals surface area contributed by atoms with Gasteiger partial charge < -0.3 is 57.9 Å². The molecule has 22 nitrogen and oxygen atoms in total. The van der Waals surface area contributed by atoms with Crippen molar-refractivity contribution in [2.75, 3.05) is 89.2 Å². The molecule has 2 fully saturated rings. The highest BCUT2D eigenvalue weighted by molar-refractivity contribution is 7.99. The molecule has 6 aromatic rings. The average molecular weight is 1350 g/mol. The zero-order valence-corrected chi connectivity index (χ0v) is 56.7. The number of carboxylic acids is 2. The number of aromatic carboxylic acids is 1. The highest BCUT2D eigenvalue weighted by Gasteiger charge is 2.26. The van der Waals surface area contributed by atoms with Crippen LogP contribution in [0, 0.1) is 35.0 Å².